The van der Waals surface area contributed by atoms with E-state index in [4.69, 9.17) is 4.74 Å². The second-order valence-electron chi connectivity index (χ2n) is 6.46. The van der Waals surface area contributed by atoms with E-state index in [1.807, 2.05) is 30.3 Å². The van der Waals surface area contributed by atoms with Crippen LogP contribution in [0.5, 0.6) is 5.75 Å². The summed E-state index contributed by atoms with van der Waals surface area (Å²) in [5.74, 6) is 0.0789. The number of para-hydroxylation sites is 2. The molecule has 0 unspecified atom stereocenters. The van der Waals surface area contributed by atoms with Crippen LogP contribution < -0.4 is 20.5 Å². The van der Waals surface area contributed by atoms with Crippen molar-refractivity contribution in [1.29, 1.82) is 0 Å². The van der Waals surface area contributed by atoms with E-state index in [-0.39, 0.29) is 23.9 Å². The van der Waals surface area contributed by atoms with Crippen LogP contribution in [0.4, 0.5) is 23.0 Å². The molecule has 2 heterocycles. The molecule has 0 saturated carbocycles. The quantitative estimate of drug-likeness (QED) is 0.453. The number of fused-ring (bicyclic) bond motifs is 1. The van der Waals surface area contributed by atoms with Gasteiger partial charge in [0.1, 0.15) is 12.1 Å². The van der Waals surface area contributed by atoms with Gasteiger partial charge in [-0.25, -0.2) is 9.97 Å². The fourth-order valence-electron chi connectivity index (χ4n) is 3.22. The molecule has 2 aromatic carbocycles. The van der Waals surface area contributed by atoms with Crippen LogP contribution >= 0.6 is 0 Å². The summed E-state index contributed by atoms with van der Waals surface area (Å²) in [4.78, 5) is 33.1. The van der Waals surface area contributed by atoms with Crippen LogP contribution in [-0.2, 0) is 11.2 Å². The van der Waals surface area contributed by atoms with Crippen LogP contribution in [0.15, 0.2) is 60.9 Å². The number of nitrogens with zero attached hydrogens (tertiary/aromatic N) is 4. The Morgan fingerprint density at radius 2 is 1.90 bits per heavy atom. The van der Waals surface area contributed by atoms with E-state index in [1.165, 1.54) is 6.33 Å². The molecule has 2 N–H and O–H groups in total. The first-order chi connectivity index (χ1) is 14.6. The number of ether oxygens (including phenoxy) is 1. The van der Waals surface area contributed by atoms with Crippen molar-refractivity contribution in [3.63, 3.8) is 0 Å². The monoisotopic (exact) mass is 406 g/mol. The van der Waals surface area contributed by atoms with Gasteiger partial charge in [0.15, 0.2) is 6.61 Å². The van der Waals surface area contributed by atoms with Crippen LogP contribution in [0.2, 0.25) is 0 Å². The number of nitro groups is 1. The summed E-state index contributed by atoms with van der Waals surface area (Å²) in [7, 11) is 0. The minimum atomic E-state index is -0.564. The molecule has 1 aromatic heterocycles. The Kier molecular flexibility index (Phi) is 5.37. The number of amides is 1. The number of carbonyl (C=O) groups is 1. The van der Waals surface area contributed by atoms with E-state index >= 15 is 0 Å². The molecule has 1 amide bonds. The first-order valence-corrected chi connectivity index (χ1v) is 9.21. The molecule has 0 saturated heterocycles. The average Bonchev–Trinajstić information content (AvgIpc) is 3.20. The molecule has 0 spiro atoms. The van der Waals surface area contributed by atoms with Crippen LogP contribution in [0, 0.1) is 10.1 Å². The smallest absolute Gasteiger partial charge is 0.355 e. The molecule has 0 aliphatic carbocycles. The number of hydrogen-bond acceptors (Lipinski definition) is 8. The van der Waals surface area contributed by atoms with E-state index in [9.17, 15) is 14.9 Å². The maximum atomic E-state index is 12.1. The molecular formula is C20H18N6O4. The predicted molar refractivity (Wildman–Crippen MR) is 110 cm³/mol. The fourth-order valence-corrected chi connectivity index (χ4v) is 3.22. The van der Waals surface area contributed by atoms with Crippen LogP contribution in [-0.4, -0.2) is 34.0 Å². The van der Waals surface area contributed by atoms with Crippen molar-refractivity contribution in [2.45, 2.75) is 6.42 Å². The maximum Gasteiger partial charge on any atom is 0.355 e. The first-order valence-electron chi connectivity index (χ1n) is 9.21. The van der Waals surface area contributed by atoms with E-state index < -0.39 is 10.8 Å². The summed E-state index contributed by atoms with van der Waals surface area (Å²) in [5, 5.41) is 11.8. The summed E-state index contributed by atoms with van der Waals surface area (Å²) in [6.07, 6.45) is 1.98. The normalized spacial score (nSPS) is 12.2. The number of anilines is 3. The molecule has 1 aliphatic rings. The van der Waals surface area contributed by atoms with E-state index in [0.717, 1.165) is 17.7 Å². The molecule has 10 heteroatoms. The van der Waals surface area contributed by atoms with Crippen LogP contribution in [0.1, 0.15) is 5.56 Å². The third kappa shape index (κ3) is 3.97. The zero-order valence-electron chi connectivity index (χ0n) is 15.8. The lowest BCUT2D eigenvalue weighted by atomic mass is 10.2. The third-order valence-corrected chi connectivity index (χ3v) is 4.56. The zero-order chi connectivity index (χ0) is 20.9. The van der Waals surface area contributed by atoms with E-state index in [0.29, 0.717) is 12.3 Å². The number of nitrogens with one attached hydrogen (secondary N) is 2. The molecule has 0 bridgehead atoms. The van der Waals surface area contributed by atoms with Gasteiger partial charge in [-0.2, -0.15) is 0 Å². The Balaban J connectivity index is 1.50. The summed E-state index contributed by atoms with van der Waals surface area (Å²) in [6.45, 7) is 0.302. The molecule has 3 aromatic rings. The largest absolute Gasteiger partial charge is 0.484 e. The van der Waals surface area contributed by atoms with Crippen molar-refractivity contribution in [2.75, 3.05) is 23.5 Å². The van der Waals surface area contributed by atoms with E-state index in [1.54, 1.807) is 29.2 Å². The lowest BCUT2D eigenvalue weighted by Crippen LogP contribution is -2.34. The highest BCUT2D eigenvalue weighted by Gasteiger charge is 2.31. The standard InChI is InChI=1S/C20H18N6O4/c27-17(12-30-15-7-2-1-3-8-15)23-24-19-18(26(28)29)20(22-13-21-19)25-11-10-14-6-4-5-9-16(14)25/h1-9,13H,10-12H2,(H,23,27)(H,21,22,24). The van der Waals surface area contributed by atoms with Crippen LogP contribution in [0.25, 0.3) is 0 Å². The number of rotatable bonds is 7. The second-order valence-corrected chi connectivity index (χ2v) is 6.46. The minimum absolute atomic E-state index is 0.109. The Morgan fingerprint density at radius 3 is 2.70 bits per heavy atom. The highest BCUT2D eigenvalue weighted by molar-refractivity contribution is 5.82. The topological polar surface area (TPSA) is 123 Å². The van der Waals surface area contributed by atoms with Crippen molar-refractivity contribution in [2.24, 2.45) is 0 Å². The summed E-state index contributed by atoms with van der Waals surface area (Å²) < 4.78 is 5.35. The van der Waals surface area contributed by atoms with Crippen molar-refractivity contribution in [3.05, 3.63) is 76.6 Å². The lowest BCUT2D eigenvalue weighted by Gasteiger charge is -2.19. The summed E-state index contributed by atoms with van der Waals surface area (Å²) >= 11 is 0. The molecule has 0 radical (unpaired) electrons. The summed E-state index contributed by atoms with van der Waals surface area (Å²) in [6, 6.07) is 16.5. The highest BCUT2D eigenvalue weighted by Crippen LogP contribution is 2.39. The Hall–Kier alpha value is -4.21. The molecule has 152 valence electrons. The predicted octanol–water partition coefficient (Wildman–Crippen LogP) is 2.60. The fraction of sp³-hybridized carbons (Fsp3) is 0.150. The Morgan fingerprint density at radius 1 is 1.13 bits per heavy atom. The number of hydrogen-bond donors (Lipinski definition) is 2. The van der Waals surface area contributed by atoms with Gasteiger partial charge in [0, 0.05) is 12.2 Å². The van der Waals surface area contributed by atoms with E-state index in [2.05, 4.69) is 20.8 Å². The highest BCUT2D eigenvalue weighted by atomic mass is 16.6. The van der Waals surface area contributed by atoms with Crippen molar-refractivity contribution in [1.82, 2.24) is 15.4 Å². The van der Waals surface area contributed by atoms with Crippen molar-refractivity contribution >= 4 is 28.9 Å². The molecule has 10 nitrogen and oxygen atoms in total. The SMILES string of the molecule is O=C(COc1ccccc1)NNc1ncnc(N2CCc3ccccc32)c1[N+](=O)[O-]. The van der Waals surface area contributed by atoms with Gasteiger partial charge >= 0.3 is 5.69 Å². The molecule has 1 aliphatic heterocycles. The lowest BCUT2D eigenvalue weighted by molar-refractivity contribution is -0.383. The number of aromatic nitrogens is 2. The Labute approximate surface area is 171 Å². The molecular weight excluding hydrogens is 388 g/mol. The van der Waals surface area contributed by atoms with Gasteiger partial charge in [0.2, 0.25) is 11.6 Å². The van der Waals surface area contributed by atoms with Gasteiger partial charge in [-0.05, 0) is 30.2 Å². The van der Waals surface area contributed by atoms with Gasteiger partial charge in [-0.3, -0.25) is 25.8 Å². The van der Waals surface area contributed by atoms with Gasteiger partial charge in [-0.1, -0.05) is 36.4 Å². The van der Waals surface area contributed by atoms with Gasteiger partial charge < -0.3 is 9.64 Å². The van der Waals surface area contributed by atoms with Gasteiger partial charge in [0.25, 0.3) is 5.91 Å². The average molecular weight is 406 g/mol. The van der Waals surface area contributed by atoms with Gasteiger partial charge in [-0.15, -0.1) is 0 Å². The van der Waals surface area contributed by atoms with Crippen LogP contribution in [0.3, 0.4) is 0 Å². The molecule has 4 rings (SSSR count). The first kappa shape index (κ1) is 19.1. The van der Waals surface area contributed by atoms with Crippen molar-refractivity contribution in [3.8, 4) is 5.75 Å². The molecule has 0 atom stereocenters. The number of benzene rings is 2. The van der Waals surface area contributed by atoms with Gasteiger partial charge in [0.05, 0.1) is 4.92 Å². The second kappa shape index (κ2) is 8.43. The molecule has 0 fully saturated rings. The van der Waals surface area contributed by atoms with Crippen molar-refractivity contribution < 1.29 is 14.5 Å². The maximum absolute atomic E-state index is 12.1. The minimum Gasteiger partial charge on any atom is -0.484 e. The zero-order valence-corrected chi connectivity index (χ0v) is 15.8. The number of carbonyl (C=O) groups excluding carboxylic acids is 1. The molecule has 30 heavy (non-hydrogen) atoms. The Bertz CT molecular complexity index is 1080. The third-order valence-electron chi connectivity index (χ3n) is 4.56. The number of hydrazine groups is 1. The summed E-state index contributed by atoms with van der Waals surface area (Å²) in [5.41, 5.74) is 6.53.